The van der Waals surface area contributed by atoms with E-state index in [4.69, 9.17) is 5.11 Å². The molecule has 6 heteroatoms. The number of aliphatic carboxylic acids is 1. The van der Waals surface area contributed by atoms with Gasteiger partial charge in [0.25, 0.3) is 5.91 Å². The van der Waals surface area contributed by atoms with E-state index in [0.717, 1.165) is 10.0 Å². The number of hydrogen-bond donors (Lipinski definition) is 2. The number of rotatable bonds is 2. The van der Waals surface area contributed by atoms with Crippen molar-refractivity contribution >= 4 is 27.8 Å². The van der Waals surface area contributed by atoms with Gasteiger partial charge in [0.15, 0.2) is 0 Å². The van der Waals surface area contributed by atoms with Crippen LogP contribution < -0.4 is 5.32 Å². The first kappa shape index (κ1) is 14.0. The predicted octanol–water partition coefficient (Wildman–Crippen LogP) is 1.26. The van der Waals surface area contributed by atoms with Crippen molar-refractivity contribution in [2.24, 2.45) is 0 Å². The second-order valence-electron chi connectivity index (χ2n) is 4.52. The van der Waals surface area contributed by atoms with E-state index in [9.17, 15) is 9.59 Å². The van der Waals surface area contributed by atoms with Gasteiger partial charge in [0, 0.05) is 29.7 Å². The van der Waals surface area contributed by atoms with Crippen molar-refractivity contribution in [1.82, 2.24) is 10.2 Å². The lowest BCUT2D eigenvalue weighted by molar-refractivity contribution is -0.142. The number of halogens is 1. The molecule has 102 valence electrons. The number of carbonyl (C=O) groups excluding carboxylic acids is 1. The first-order chi connectivity index (χ1) is 9.00. The summed E-state index contributed by atoms with van der Waals surface area (Å²) in [4.78, 5) is 25.0. The molecule has 1 fully saturated rings. The fourth-order valence-electron chi connectivity index (χ4n) is 2.06. The van der Waals surface area contributed by atoms with Gasteiger partial charge in [0.1, 0.15) is 6.04 Å². The molecule has 1 aromatic rings. The molecule has 0 radical (unpaired) electrons. The van der Waals surface area contributed by atoms with Crippen LogP contribution in [0.15, 0.2) is 22.7 Å². The van der Waals surface area contributed by atoms with Gasteiger partial charge in [-0.3, -0.25) is 4.79 Å². The topological polar surface area (TPSA) is 69.6 Å². The Kier molecular flexibility index (Phi) is 4.21. The number of carboxylic acid groups (broad SMARTS) is 1. The molecule has 1 amide bonds. The quantitative estimate of drug-likeness (QED) is 0.858. The Morgan fingerprint density at radius 3 is 2.84 bits per heavy atom. The maximum absolute atomic E-state index is 12.4. The Hall–Kier alpha value is -1.40. The Bertz CT molecular complexity index is 519. The van der Waals surface area contributed by atoms with E-state index < -0.39 is 12.0 Å². The van der Waals surface area contributed by atoms with Crippen LogP contribution in [-0.4, -0.2) is 47.6 Å². The number of hydrogen-bond acceptors (Lipinski definition) is 3. The van der Waals surface area contributed by atoms with E-state index in [1.807, 2.05) is 13.0 Å². The van der Waals surface area contributed by atoms with Crippen LogP contribution in [0.25, 0.3) is 0 Å². The molecular weight excluding hydrogens is 312 g/mol. The molecule has 19 heavy (non-hydrogen) atoms. The van der Waals surface area contributed by atoms with Crippen LogP contribution in [0.1, 0.15) is 15.9 Å². The number of nitrogens with one attached hydrogen (secondary N) is 1. The third kappa shape index (κ3) is 2.96. The molecule has 1 aromatic carbocycles. The molecule has 0 bridgehead atoms. The highest BCUT2D eigenvalue weighted by Crippen LogP contribution is 2.19. The summed E-state index contributed by atoms with van der Waals surface area (Å²) < 4.78 is 0.848. The van der Waals surface area contributed by atoms with Crippen molar-refractivity contribution in [3.05, 3.63) is 33.8 Å². The normalized spacial score (nSPS) is 19.3. The molecule has 0 aromatic heterocycles. The Balaban J connectivity index is 2.26. The van der Waals surface area contributed by atoms with Crippen molar-refractivity contribution in [1.29, 1.82) is 0 Å². The number of benzene rings is 1. The van der Waals surface area contributed by atoms with Gasteiger partial charge in [-0.15, -0.1) is 0 Å². The molecule has 2 N–H and O–H groups in total. The van der Waals surface area contributed by atoms with Crippen LogP contribution in [0.2, 0.25) is 0 Å². The molecule has 1 unspecified atom stereocenters. The van der Waals surface area contributed by atoms with Gasteiger partial charge in [0.05, 0.1) is 0 Å². The molecule has 1 aliphatic heterocycles. The Morgan fingerprint density at radius 2 is 2.21 bits per heavy atom. The fourth-order valence-corrected chi connectivity index (χ4v) is 2.44. The molecule has 1 heterocycles. The van der Waals surface area contributed by atoms with Crippen molar-refractivity contribution in [3.63, 3.8) is 0 Å². The highest BCUT2D eigenvalue weighted by Gasteiger charge is 2.32. The molecule has 1 atom stereocenters. The Labute approximate surface area is 119 Å². The standard InChI is InChI=1S/C13H15BrN2O3/c1-8-2-3-9(6-10(8)14)12(17)16-5-4-15-7-11(16)13(18)19/h2-3,6,11,15H,4-5,7H2,1H3,(H,18,19). The van der Waals surface area contributed by atoms with Crippen LogP contribution in [0.3, 0.4) is 0 Å². The lowest BCUT2D eigenvalue weighted by Crippen LogP contribution is -2.56. The lowest BCUT2D eigenvalue weighted by Gasteiger charge is -2.33. The molecule has 1 saturated heterocycles. The van der Waals surface area contributed by atoms with Gasteiger partial charge in [-0.25, -0.2) is 4.79 Å². The lowest BCUT2D eigenvalue weighted by atomic mass is 10.1. The average Bonchev–Trinajstić information content (AvgIpc) is 2.41. The number of nitrogens with zero attached hydrogens (tertiary/aromatic N) is 1. The zero-order valence-electron chi connectivity index (χ0n) is 10.5. The monoisotopic (exact) mass is 326 g/mol. The van der Waals surface area contributed by atoms with Crippen molar-refractivity contribution in [2.45, 2.75) is 13.0 Å². The highest BCUT2D eigenvalue weighted by atomic mass is 79.9. The summed E-state index contributed by atoms with van der Waals surface area (Å²) >= 11 is 3.38. The maximum Gasteiger partial charge on any atom is 0.327 e. The van der Waals surface area contributed by atoms with Crippen molar-refractivity contribution < 1.29 is 14.7 Å². The molecule has 5 nitrogen and oxygen atoms in total. The van der Waals surface area contributed by atoms with Gasteiger partial charge in [-0.2, -0.15) is 0 Å². The summed E-state index contributed by atoms with van der Waals surface area (Å²) in [6.07, 6.45) is 0. The van der Waals surface area contributed by atoms with E-state index in [1.165, 1.54) is 4.90 Å². The summed E-state index contributed by atoms with van der Waals surface area (Å²) in [5, 5.41) is 12.1. The second kappa shape index (κ2) is 5.71. The first-order valence-electron chi connectivity index (χ1n) is 6.01. The van der Waals surface area contributed by atoms with Gasteiger partial charge in [-0.05, 0) is 24.6 Å². The predicted molar refractivity (Wildman–Crippen MR) is 74.2 cm³/mol. The smallest absolute Gasteiger partial charge is 0.327 e. The van der Waals surface area contributed by atoms with Crippen molar-refractivity contribution in [2.75, 3.05) is 19.6 Å². The number of carbonyl (C=O) groups is 2. The summed E-state index contributed by atoms with van der Waals surface area (Å²) in [6, 6.07) is 4.50. The molecule has 0 saturated carbocycles. The average molecular weight is 327 g/mol. The van der Waals surface area contributed by atoms with Crippen LogP contribution in [0.4, 0.5) is 0 Å². The molecule has 2 rings (SSSR count). The summed E-state index contributed by atoms with van der Waals surface area (Å²) in [5.74, 6) is -1.22. The van der Waals surface area contributed by atoms with E-state index in [1.54, 1.807) is 12.1 Å². The fraction of sp³-hybridized carbons (Fsp3) is 0.385. The maximum atomic E-state index is 12.4. The van der Waals surface area contributed by atoms with E-state index >= 15 is 0 Å². The van der Waals surface area contributed by atoms with E-state index in [0.29, 0.717) is 18.7 Å². The van der Waals surface area contributed by atoms with Gasteiger partial charge in [-0.1, -0.05) is 22.0 Å². The minimum absolute atomic E-state index is 0.241. The number of carboxylic acids is 1. The van der Waals surface area contributed by atoms with Crippen LogP contribution in [0.5, 0.6) is 0 Å². The Morgan fingerprint density at radius 1 is 1.47 bits per heavy atom. The molecular formula is C13H15BrN2O3. The summed E-state index contributed by atoms with van der Waals surface area (Å²) in [7, 11) is 0. The highest BCUT2D eigenvalue weighted by molar-refractivity contribution is 9.10. The van der Waals surface area contributed by atoms with Crippen LogP contribution >= 0.6 is 15.9 Å². The third-order valence-electron chi connectivity index (χ3n) is 3.21. The molecule has 0 spiro atoms. The minimum atomic E-state index is -0.980. The van der Waals surface area contributed by atoms with Gasteiger partial charge in [0.2, 0.25) is 0 Å². The number of aryl methyl sites for hydroxylation is 1. The number of amides is 1. The van der Waals surface area contributed by atoms with Crippen LogP contribution in [-0.2, 0) is 4.79 Å². The third-order valence-corrected chi connectivity index (χ3v) is 4.06. The zero-order valence-corrected chi connectivity index (χ0v) is 12.1. The second-order valence-corrected chi connectivity index (χ2v) is 5.38. The summed E-state index contributed by atoms with van der Waals surface area (Å²) in [5.41, 5.74) is 1.54. The SMILES string of the molecule is Cc1ccc(C(=O)N2CCNCC2C(=O)O)cc1Br. The minimum Gasteiger partial charge on any atom is -0.480 e. The van der Waals surface area contributed by atoms with E-state index in [2.05, 4.69) is 21.2 Å². The van der Waals surface area contributed by atoms with Crippen molar-refractivity contribution in [3.8, 4) is 0 Å². The number of piperazine rings is 1. The first-order valence-corrected chi connectivity index (χ1v) is 6.80. The van der Waals surface area contributed by atoms with E-state index in [-0.39, 0.29) is 12.5 Å². The van der Waals surface area contributed by atoms with Gasteiger partial charge < -0.3 is 15.3 Å². The summed E-state index contributed by atoms with van der Waals surface area (Å²) in [6.45, 7) is 3.24. The molecule has 0 aliphatic carbocycles. The largest absolute Gasteiger partial charge is 0.480 e. The van der Waals surface area contributed by atoms with Gasteiger partial charge >= 0.3 is 5.97 Å². The zero-order chi connectivity index (χ0) is 14.0. The van der Waals surface area contributed by atoms with Crippen LogP contribution in [0, 0.1) is 6.92 Å². The molecule has 1 aliphatic rings.